The van der Waals surface area contributed by atoms with E-state index in [1.807, 2.05) is 0 Å². The van der Waals surface area contributed by atoms with Gasteiger partial charge in [0.05, 0.1) is 18.3 Å². The maximum Gasteiger partial charge on any atom is 0.313 e. The fourth-order valence-electron chi connectivity index (χ4n) is 1.25. The molecule has 0 fully saturated rings. The lowest BCUT2D eigenvalue weighted by Crippen LogP contribution is -2.13. The first-order valence-corrected chi connectivity index (χ1v) is 5.60. The number of nitrogens with two attached hydrogens (primary N) is 1. The molecule has 8 nitrogen and oxygen atoms in total. The molecule has 0 saturated heterocycles. The Morgan fingerprint density at radius 3 is 2.94 bits per heavy atom. The number of thioether (sulfide) groups is 1. The van der Waals surface area contributed by atoms with Crippen molar-refractivity contribution in [1.29, 1.82) is 0 Å². The molecule has 0 bridgehead atoms. The quantitative estimate of drug-likeness (QED) is 0.562. The van der Waals surface area contributed by atoms with Crippen LogP contribution in [0.5, 0.6) is 0 Å². The Balaban J connectivity index is 2.27. The van der Waals surface area contributed by atoms with Crippen LogP contribution >= 0.6 is 11.8 Å². The smallest absolute Gasteiger partial charge is 0.313 e. The molecule has 0 spiro atoms. The summed E-state index contributed by atoms with van der Waals surface area (Å²) >= 11 is 1.01. The summed E-state index contributed by atoms with van der Waals surface area (Å²) in [5.41, 5.74) is 0.710. The number of hydrogen-bond acceptors (Lipinski definition) is 6. The van der Waals surface area contributed by atoms with Crippen molar-refractivity contribution in [2.24, 2.45) is 7.05 Å². The van der Waals surface area contributed by atoms with E-state index in [2.05, 4.69) is 15.2 Å². The van der Waals surface area contributed by atoms with Crippen LogP contribution in [-0.4, -0.2) is 41.3 Å². The van der Waals surface area contributed by atoms with E-state index in [-0.39, 0.29) is 5.75 Å². The summed E-state index contributed by atoms with van der Waals surface area (Å²) in [4.78, 5) is 14.4. The molecule has 2 aromatic rings. The summed E-state index contributed by atoms with van der Waals surface area (Å²) < 4.78 is 3.00. The van der Waals surface area contributed by atoms with Gasteiger partial charge in [0, 0.05) is 7.05 Å². The molecule has 0 saturated carbocycles. The minimum Gasteiger partial charge on any atom is -0.481 e. The highest BCUT2D eigenvalue weighted by Gasteiger charge is 2.15. The molecule has 0 aromatic carbocycles. The molecule has 0 aliphatic heterocycles. The number of carbonyl (C=O) groups is 1. The van der Waals surface area contributed by atoms with Crippen LogP contribution in [0, 0.1) is 0 Å². The minimum absolute atomic E-state index is 0.110. The van der Waals surface area contributed by atoms with E-state index in [1.54, 1.807) is 24.1 Å². The van der Waals surface area contributed by atoms with Crippen molar-refractivity contribution >= 4 is 17.7 Å². The maximum absolute atomic E-state index is 10.4. The third-order valence-electron chi connectivity index (χ3n) is 2.04. The fourth-order valence-corrected chi connectivity index (χ4v) is 1.83. The van der Waals surface area contributed by atoms with Gasteiger partial charge in [0.2, 0.25) is 11.0 Å². The van der Waals surface area contributed by atoms with Gasteiger partial charge < -0.3 is 15.5 Å². The number of hydrogen-bond donors (Lipinski definition) is 2. The summed E-state index contributed by atoms with van der Waals surface area (Å²) in [6.45, 7) is 0. The van der Waals surface area contributed by atoms with E-state index in [1.165, 1.54) is 4.68 Å². The third-order valence-corrected chi connectivity index (χ3v) is 2.96. The monoisotopic (exact) mass is 254 g/mol. The van der Waals surface area contributed by atoms with Gasteiger partial charge >= 0.3 is 5.97 Å². The second-order valence-electron chi connectivity index (χ2n) is 3.25. The molecule has 17 heavy (non-hydrogen) atoms. The standard InChI is InChI=1S/C8H10N6O2S/c1-13-4-10-2-5(13)7-11-12-8(14(7)9)17-3-6(15)16/h2,4H,3,9H2,1H3,(H,15,16). The van der Waals surface area contributed by atoms with Gasteiger partial charge in [-0.3, -0.25) is 4.79 Å². The van der Waals surface area contributed by atoms with Crippen molar-refractivity contribution in [2.45, 2.75) is 5.16 Å². The van der Waals surface area contributed by atoms with E-state index < -0.39 is 5.97 Å². The van der Waals surface area contributed by atoms with Gasteiger partial charge in [0.1, 0.15) is 5.69 Å². The van der Waals surface area contributed by atoms with Gasteiger partial charge in [-0.05, 0) is 0 Å². The van der Waals surface area contributed by atoms with Crippen LogP contribution < -0.4 is 5.84 Å². The molecular formula is C8H10N6O2S. The topological polar surface area (TPSA) is 112 Å². The summed E-state index contributed by atoms with van der Waals surface area (Å²) in [6.07, 6.45) is 3.23. The molecule has 0 atom stereocenters. The Morgan fingerprint density at radius 1 is 1.59 bits per heavy atom. The lowest BCUT2D eigenvalue weighted by atomic mass is 10.4. The zero-order chi connectivity index (χ0) is 12.4. The van der Waals surface area contributed by atoms with Crippen molar-refractivity contribution < 1.29 is 9.90 Å². The van der Waals surface area contributed by atoms with E-state index in [0.29, 0.717) is 16.7 Å². The molecule has 2 rings (SSSR count). The number of nitrogens with zero attached hydrogens (tertiary/aromatic N) is 5. The molecule has 0 aliphatic carbocycles. The second-order valence-corrected chi connectivity index (χ2v) is 4.19. The van der Waals surface area contributed by atoms with Crippen LogP contribution in [0.25, 0.3) is 11.5 Å². The number of imidazole rings is 1. The highest BCUT2D eigenvalue weighted by atomic mass is 32.2. The molecule has 3 N–H and O–H groups in total. The molecule has 0 radical (unpaired) electrons. The zero-order valence-corrected chi connectivity index (χ0v) is 9.76. The molecular weight excluding hydrogens is 244 g/mol. The first-order chi connectivity index (χ1) is 8.09. The molecule has 0 amide bonds. The van der Waals surface area contributed by atoms with Gasteiger partial charge in [-0.2, -0.15) is 0 Å². The number of carboxylic acids is 1. The summed E-state index contributed by atoms with van der Waals surface area (Å²) in [5, 5.41) is 16.7. The summed E-state index contributed by atoms with van der Waals surface area (Å²) in [6, 6.07) is 0. The fraction of sp³-hybridized carbons (Fsp3) is 0.250. The molecule has 0 unspecified atom stereocenters. The molecule has 2 heterocycles. The highest BCUT2D eigenvalue weighted by Crippen LogP contribution is 2.20. The highest BCUT2D eigenvalue weighted by molar-refractivity contribution is 7.99. The van der Waals surface area contributed by atoms with Gasteiger partial charge in [-0.15, -0.1) is 10.2 Å². The SMILES string of the molecule is Cn1cncc1-c1nnc(SCC(=O)O)n1N. The van der Waals surface area contributed by atoms with Gasteiger partial charge in [0.15, 0.2) is 0 Å². The van der Waals surface area contributed by atoms with E-state index >= 15 is 0 Å². The van der Waals surface area contributed by atoms with Crippen LogP contribution in [0.4, 0.5) is 0 Å². The number of nitrogen functional groups attached to an aromatic ring is 1. The maximum atomic E-state index is 10.4. The Morgan fingerprint density at radius 2 is 2.35 bits per heavy atom. The van der Waals surface area contributed by atoms with E-state index in [0.717, 1.165) is 11.8 Å². The molecule has 9 heteroatoms. The van der Waals surface area contributed by atoms with Gasteiger partial charge in [-0.1, -0.05) is 11.8 Å². The number of carboxylic acid groups (broad SMARTS) is 1. The normalized spacial score (nSPS) is 10.6. The number of aliphatic carboxylic acids is 1. The van der Waals surface area contributed by atoms with Crippen molar-refractivity contribution in [3.05, 3.63) is 12.5 Å². The van der Waals surface area contributed by atoms with Crippen LogP contribution in [0.2, 0.25) is 0 Å². The first kappa shape index (κ1) is 11.5. The van der Waals surface area contributed by atoms with Crippen molar-refractivity contribution in [3.63, 3.8) is 0 Å². The van der Waals surface area contributed by atoms with Crippen LogP contribution in [0.15, 0.2) is 17.7 Å². The van der Waals surface area contributed by atoms with Crippen LogP contribution in [-0.2, 0) is 11.8 Å². The minimum atomic E-state index is -0.930. The Labute approximate surface area is 100 Å². The van der Waals surface area contributed by atoms with Gasteiger partial charge in [0.25, 0.3) is 0 Å². The predicted molar refractivity (Wildman–Crippen MR) is 60.7 cm³/mol. The lowest BCUT2D eigenvalue weighted by Gasteiger charge is -2.02. The zero-order valence-electron chi connectivity index (χ0n) is 8.94. The van der Waals surface area contributed by atoms with Crippen molar-refractivity contribution in [3.8, 4) is 11.5 Å². The average molecular weight is 254 g/mol. The third kappa shape index (κ3) is 2.23. The van der Waals surface area contributed by atoms with Crippen LogP contribution in [0.1, 0.15) is 0 Å². The Hall–Kier alpha value is -2.03. The average Bonchev–Trinajstić information content (AvgIpc) is 2.82. The first-order valence-electron chi connectivity index (χ1n) is 4.61. The largest absolute Gasteiger partial charge is 0.481 e. The Kier molecular flexibility index (Phi) is 3.00. The number of aromatic nitrogens is 5. The van der Waals surface area contributed by atoms with E-state index in [9.17, 15) is 4.79 Å². The van der Waals surface area contributed by atoms with E-state index in [4.69, 9.17) is 10.9 Å². The summed E-state index contributed by atoms with van der Waals surface area (Å²) in [7, 11) is 1.81. The molecule has 0 aliphatic rings. The predicted octanol–water partition coefficient (Wildman–Crippen LogP) is -0.431. The Bertz CT molecular complexity index is 548. The number of rotatable bonds is 4. The molecule has 2 aromatic heterocycles. The lowest BCUT2D eigenvalue weighted by molar-refractivity contribution is -0.133. The number of aryl methyl sites for hydroxylation is 1. The second kappa shape index (κ2) is 4.45. The molecule has 90 valence electrons. The van der Waals surface area contributed by atoms with Crippen molar-refractivity contribution in [1.82, 2.24) is 24.4 Å². The summed E-state index contributed by atoms with van der Waals surface area (Å²) in [5.74, 6) is 5.19. The van der Waals surface area contributed by atoms with Crippen molar-refractivity contribution in [2.75, 3.05) is 11.6 Å². The van der Waals surface area contributed by atoms with Crippen LogP contribution in [0.3, 0.4) is 0 Å². The van der Waals surface area contributed by atoms with Gasteiger partial charge in [-0.25, -0.2) is 9.66 Å².